The number of hydrogen-bond acceptors (Lipinski definition) is 3. The van der Waals surface area contributed by atoms with Crippen LogP contribution in [0.25, 0.3) is 0 Å². The van der Waals surface area contributed by atoms with Crippen LogP contribution in [0.5, 0.6) is 0 Å². The summed E-state index contributed by atoms with van der Waals surface area (Å²) in [5.41, 5.74) is 2.33. The zero-order valence-corrected chi connectivity index (χ0v) is 17.2. The summed E-state index contributed by atoms with van der Waals surface area (Å²) in [5.74, 6) is 1.69. The van der Waals surface area contributed by atoms with E-state index in [0.29, 0.717) is 0 Å². The number of likely N-dealkylation sites (tertiary alicyclic amines) is 1. The number of guanidine groups is 1. The molecule has 0 bridgehead atoms. The predicted octanol–water partition coefficient (Wildman–Crippen LogP) is 2.57. The molecule has 2 heterocycles. The predicted molar refractivity (Wildman–Crippen MR) is 110 cm³/mol. The van der Waals surface area contributed by atoms with Crippen LogP contribution < -0.4 is 10.6 Å². The van der Waals surface area contributed by atoms with Gasteiger partial charge in [-0.3, -0.25) is 9.67 Å². The molecule has 6 nitrogen and oxygen atoms in total. The highest BCUT2D eigenvalue weighted by Crippen LogP contribution is 2.17. The monoisotopic (exact) mass is 362 g/mol. The minimum absolute atomic E-state index is 0.730. The fourth-order valence-electron chi connectivity index (χ4n) is 3.61. The molecule has 26 heavy (non-hydrogen) atoms. The Morgan fingerprint density at radius 2 is 1.96 bits per heavy atom. The van der Waals surface area contributed by atoms with Crippen LogP contribution in [0.15, 0.2) is 11.1 Å². The van der Waals surface area contributed by atoms with E-state index in [9.17, 15) is 0 Å². The van der Waals surface area contributed by atoms with Gasteiger partial charge in [0.2, 0.25) is 0 Å². The number of aryl methyl sites for hydroxylation is 3. The average molecular weight is 363 g/mol. The molecule has 2 rings (SSSR count). The number of rotatable bonds is 9. The normalized spacial score (nSPS) is 16.8. The quantitative estimate of drug-likeness (QED) is 0.403. The van der Waals surface area contributed by atoms with Gasteiger partial charge in [-0.05, 0) is 78.1 Å². The summed E-state index contributed by atoms with van der Waals surface area (Å²) >= 11 is 0. The van der Waals surface area contributed by atoms with Crippen LogP contribution in [0, 0.1) is 19.8 Å². The van der Waals surface area contributed by atoms with Gasteiger partial charge in [0, 0.05) is 31.9 Å². The van der Waals surface area contributed by atoms with Crippen molar-refractivity contribution in [2.75, 3.05) is 39.3 Å². The second-order valence-electron chi connectivity index (χ2n) is 7.44. The van der Waals surface area contributed by atoms with Crippen molar-refractivity contribution < 1.29 is 0 Å². The van der Waals surface area contributed by atoms with E-state index >= 15 is 0 Å². The van der Waals surface area contributed by atoms with Gasteiger partial charge >= 0.3 is 0 Å². The average Bonchev–Trinajstić information content (AvgIpc) is 2.95. The molecule has 1 aliphatic rings. The van der Waals surface area contributed by atoms with Crippen molar-refractivity contribution in [3.8, 4) is 0 Å². The number of aliphatic imine (C=N–C) groups is 1. The summed E-state index contributed by atoms with van der Waals surface area (Å²) < 4.78 is 2.09. The molecule has 0 radical (unpaired) electrons. The molecule has 1 saturated heterocycles. The molecule has 1 fully saturated rings. The highest BCUT2D eigenvalue weighted by molar-refractivity contribution is 5.79. The number of hydrogen-bond donors (Lipinski definition) is 2. The van der Waals surface area contributed by atoms with Crippen molar-refractivity contribution in [2.24, 2.45) is 10.9 Å². The van der Waals surface area contributed by atoms with Crippen LogP contribution in [0.1, 0.15) is 50.9 Å². The Morgan fingerprint density at radius 3 is 2.58 bits per heavy atom. The molecular formula is C20H38N6. The topological polar surface area (TPSA) is 57.5 Å². The Bertz CT molecular complexity index is 542. The molecule has 0 atom stereocenters. The zero-order chi connectivity index (χ0) is 18.8. The first kappa shape index (κ1) is 20.7. The summed E-state index contributed by atoms with van der Waals surface area (Å²) in [6, 6.07) is 2.13. The molecule has 0 aliphatic carbocycles. The molecule has 0 saturated carbocycles. The third-order valence-electron chi connectivity index (χ3n) is 5.04. The molecular weight excluding hydrogens is 324 g/mol. The maximum atomic E-state index is 4.83. The van der Waals surface area contributed by atoms with E-state index in [1.165, 1.54) is 44.6 Å². The van der Waals surface area contributed by atoms with E-state index < -0.39 is 0 Å². The van der Waals surface area contributed by atoms with Gasteiger partial charge in [-0.15, -0.1) is 0 Å². The molecule has 2 N–H and O–H groups in total. The highest BCUT2D eigenvalue weighted by atomic mass is 15.3. The largest absolute Gasteiger partial charge is 0.357 e. The second-order valence-corrected chi connectivity index (χ2v) is 7.44. The van der Waals surface area contributed by atoms with Gasteiger partial charge in [-0.25, -0.2) is 0 Å². The lowest BCUT2D eigenvalue weighted by Crippen LogP contribution is -2.39. The Morgan fingerprint density at radius 1 is 1.19 bits per heavy atom. The van der Waals surface area contributed by atoms with Crippen molar-refractivity contribution in [1.29, 1.82) is 0 Å². The summed E-state index contributed by atoms with van der Waals surface area (Å²) in [4.78, 5) is 7.41. The second kappa shape index (κ2) is 11.2. The number of nitrogens with zero attached hydrogens (tertiary/aromatic N) is 4. The van der Waals surface area contributed by atoms with Crippen LogP contribution in [0.4, 0.5) is 0 Å². The lowest BCUT2D eigenvalue weighted by Gasteiger charge is -2.31. The highest BCUT2D eigenvalue weighted by Gasteiger charge is 2.18. The third kappa shape index (κ3) is 6.98. The standard InChI is InChI=1S/C20H38N6/c1-5-11-25-13-8-19(9-14-25)16-23-20(21-6-2)22-10-7-12-26-18(4)15-17(3)24-26/h15,19H,5-14,16H2,1-4H3,(H2,21,22,23). The lowest BCUT2D eigenvalue weighted by atomic mass is 9.97. The Hall–Kier alpha value is -1.56. The van der Waals surface area contributed by atoms with Crippen LogP contribution >= 0.6 is 0 Å². The Labute approximate surface area is 159 Å². The summed E-state index contributed by atoms with van der Waals surface area (Å²) in [6.45, 7) is 16.0. The molecule has 1 aromatic heterocycles. The van der Waals surface area contributed by atoms with Gasteiger partial charge in [0.05, 0.1) is 5.69 Å². The van der Waals surface area contributed by atoms with E-state index in [-0.39, 0.29) is 0 Å². The molecule has 0 aromatic carbocycles. The van der Waals surface area contributed by atoms with E-state index in [1.54, 1.807) is 0 Å². The van der Waals surface area contributed by atoms with Crippen molar-refractivity contribution in [1.82, 2.24) is 25.3 Å². The molecule has 0 spiro atoms. The zero-order valence-electron chi connectivity index (χ0n) is 17.2. The first-order chi connectivity index (χ1) is 12.6. The van der Waals surface area contributed by atoms with Crippen LogP contribution in [0.2, 0.25) is 0 Å². The summed E-state index contributed by atoms with van der Waals surface area (Å²) in [7, 11) is 0. The SMILES string of the molecule is CCCN1CCC(CN=C(NCC)NCCCn2nc(C)cc2C)CC1. The van der Waals surface area contributed by atoms with E-state index in [4.69, 9.17) is 4.99 Å². The van der Waals surface area contributed by atoms with Crippen LogP contribution in [-0.2, 0) is 6.54 Å². The summed E-state index contributed by atoms with van der Waals surface area (Å²) in [5, 5.41) is 11.4. The molecule has 6 heteroatoms. The van der Waals surface area contributed by atoms with Crippen molar-refractivity contribution in [3.63, 3.8) is 0 Å². The summed E-state index contributed by atoms with van der Waals surface area (Å²) in [6.07, 6.45) is 4.86. The van der Waals surface area contributed by atoms with Crippen molar-refractivity contribution in [3.05, 3.63) is 17.5 Å². The fourth-order valence-corrected chi connectivity index (χ4v) is 3.61. The first-order valence-electron chi connectivity index (χ1n) is 10.4. The maximum Gasteiger partial charge on any atom is 0.191 e. The van der Waals surface area contributed by atoms with E-state index in [0.717, 1.165) is 50.2 Å². The van der Waals surface area contributed by atoms with Gasteiger partial charge < -0.3 is 15.5 Å². The van der Waals surface area contributed by atoms with Gasteiger partial charge in [0.1, 0.15) is 0 Å². The van der Waals surface area contributed by atoms with Gasteiger partial charge in [-0.2, -0.15) is 5.10 Å². The number of nitrogens with one attached hydrogen (secondary N) is 2. The fraction of sp³-hybridized carbons (Fsp3) is 0.800. The minimum atomic E-state index is 0.730. The molecule has 148 valence electrons. The van der Waals surface area contributed by atoms with Crippen LogP contribution in [-0.4, -0.2) is 59.9 Å². The van der Waals surface area contributed by atoms with E-state index in [2.05, 4.69) is 52.2 Å². The third-order valence-corrected chi connectivity index (χ3v) is 5.04. The van der Waals surface area contributed by atoms with Gasteiger partial charge in [-0.1, -0.05) is 6.92 Å². The van der Waals surface area contributed by atoms with Gasteiger partial charge in [0.25, 0.3) is 0 Å². The van der Waals surface area contributed by atoms with Crippen molar-refractivity contribution in [2.45, 2.75) is 59.9 Å². The molecule has 1 aliphatic heterocycles. The maximum absolute atomic E-state index is 4.83. The minimum Gasteiger partial charge on any atom is -0.357 e. The van der Waals surface area contributed by atoms with E-state index in [1.807, 2.05) is 6.92 Å². The molecule has 0 unspecified atom stereocenters. The number of aromatic nitrogens is 2. The first-order valence-corrected chi connectivity index (χ1v) is 10.4. The van der Waals surface area contributed by atoms with Gasteiger partial charge in [0.15, 0.2) is 5.96 Å². The molecule has 0 amide bonds. The van der Waals surface area contributed by atoms with Crippen molar-refractivity contribution >= 4 is 5.96 Å². The lowest BCUT2D eigenvalue weighted by molar-refractivity contribution is 0.188. The smallest absolute Gasteiger partial charge is 0.191 e. The Balaban J connectivity index is 1.70. The Kier molecular flexibility index (Phi) is 8.95. The van der Waals surface area contributed by atoms with Crippen LogP contribution in [0.3, 0.4) is 0 Å². The number of piperidine rings is 1. The molecule has 1 aromatic rings.